The first-order valence-electron chi connectivity index (χ1n) is 5.68. The number of methoxy groups -OCH3 is 3. The van der Waals surface area contributed by atoms with Crippen molar-refractivity contribution in [2.45, 2.75) is 0 Å². The third-order valence-electron chi connectivity index (χ3n) is 2.70. The maximum Gasteiger partial charge on any atom is 0.358 e. The molecule has 1 aromatic heterocycles. The van der Waals surface area contributed by atoms with E-state index in [9.17, 15) is 4.79 Å². The van der Waals surface area contributed by atoms with Gasteiger partial charge in [-0.2, -0.15) is 0 Å². The van der Waals surface area contributed by atoms with E-state index in [1.54, 1.807) is 26.4 Å². The summed E-state index contributed by atoms with van der Waals surface area (Å²) >= 11 is 8.11. The Bertz CT molecular complexity index is 687. The molecule has 0 unspecified atom stereocenters. The highest BCUT2D eigenvalue weighted by Gasteiger charge is 2.22. The van der Waals surface area contributed by atoms with Crippen molar-refractivity contribution in [1.82, 2.24) is 4.98 Å². The van der Waals surface area contributed by atoms with Gasteiger partial charge in [-0.25, -0.2) is 9.78 Å². The lowest BCUT2D eigenvalue weighted by atomic mass is 10.1. The van der Waals surface area contributed by atoms with Crippen molar-refractivity contribution in [3.05, 3.63) is 26.2 Å². The molecule has 21 heavy (non-hydrogen) atoms. The second-order valence-corrected chi connectivity index (χ2v) is 6.95. The fourth-order valence-corrected chi connectivity index (χ4v) is 3.86. The van der Waals surface area contributed by atoms with Crippen molar-refractivity contribution in [2.24, 2.45) is 0 Å². The van der Waals surface area contributed by atoms with Gasteiger partial charge in [-0.3, -0.25) is 0 Å². The number of nitrogens with zero attached hydrogens (tertiary/aromatic N) is 1. The largest absolute Gasteiger partial charge is 0.493 e. The van der Waals surface area contributed by atoms with Crippen molar-refractivity contribution in [3.63, 3.8) is 0 Å². The molecule has 0 aliphatic carbocycles. The molecule has 0 atom stereocenters. The molecule has 112 valence electrons. The van der Waals surface area contributed by atoms with Crippen LogP contribution in [0.2, 0.25) is 0 Å². The number of carbonyl (C=O) groups excluding carboxylic acids is 1. The monoisotopic (exact) mass is 435 g/mol. The quantitative estimate of drug-likeness (QED) is 0.674. The van der Waals surface area contributed by atoms with Crippen LogP contribution in [-0.2, 0) is 4.74 Å². The van der Waals surface area contributed by atoms with E-state index in [0.29, 0.717) is 20.3 Å². The Morgan fingerprint density at radius 3 is 2.33 bits per heavy atom. The molecule has 0 saturated carbocycles. The lowest BCUT2D eigenvalue weighted by Crippen LogP contribution is -2.03. The number of hydrogen-bond acceptors (Lipinski definition) is 6. The number of rotatable bonds is 4. The second kappa shape index (κ2) is 6.76. The molecule has 2 aromatic rings. The Balaban J connectivity index is 2.64. The van der Waals surface area contributed by atoms with Gasteiger partial charge in [0.2, 0.25) is 0 Å². The molecule has 0 aliphatic rings. The Hall–Kier alpha value is -1.12. The van der Waals surface area contributed by atoms with E-state index in [1.807, 2.05) is 0 Å². The Morgan fingerprint density at radius 2 is 1.76 bits per heavy atom. The van der Waals surface area contributed by atoms with Crippen molar-refractivity contribution in [1.29, 1.82) is 0 Å². The Kier molecular flexibility index (Phi) is 5.23. The molecule has 8 heteroatoms. The van der Waals surface area contributed by atoms with E-state index in [-0.39, 0.29) is 5.69 Å². The average molecular weight is 437 g/mol. The molecular formula is C13H11Br2NO4S. The zero-order valence-electron chi connectivity index (χ0n) is 11.4. The minimum Gasteiger partial charge on any atom is -0.493 e. The van der Waals surface area contributed by atoms with E-state index in [2.05, 4.69) is 36.8 Å². The van der Waals surface area contributed by atoms with E-state index in [4.69, 9.17) is 14.2 Å². The molecule has 0 amide bonds. The second-order valence-electron chi connectivity index (χ2n) is 3.82. The molecule has 0 bridgehead atoms. The van der Waals surface area contributed by atoms with Crippen molar-refractivity contribution >= 4 is 49.2 Å². The van der Waals surface area contributed by atoms with Gasteiger partial charge in [0.25, 0.3) is 0 Å². The van der Waals surface area contributed by atoms with Crippen molar-refractivity contribution < 1.29 is 19.0 Å². The maximum absolute atomic E-state index is 11.8. The van der Waals surface area contributed by atoms with Crippen LogP contribution in [0.5, 0.6) is 11.5 Å². The average Bonchev–Trinajstić information content (AvgIpc) is 2.87. The van der Waals surface area contributed by atoms with E-state index < -0.39 is 5.97 Å². The molecule has 1 aromatic carbocycles. The summed E-state index contributed by atoms with van der Waals surface area (Å²) in [5.74, 6) is 0.668. The van der Waals surface area contributed by atoms with Gasteiger partial charge in [-0.1, -0.05) is 0 Å². The van der Waals surface area contributed by atoms with Crippen LogP contribution in [-0.4, -0.2) is 32.3 Å². The SMILES string of the molecule is COC(=O)c1nc(Br)sc1-c1cc(OC)c(OC)cc1Br. The first-order chi connectivity index (χ1) is 10.0. The first-order valence-corrected chi connectivity index (χ1v) is 8.08. The molecular weight excluding hydrogens is 426 g/mol. The molecule has 0 fully saturated rings. The number of thiazole rings is 1. The van der Waals surface area contributed by atoms with Crippen molar-refractivity contribution in [2.75, 3.05) is 21.3 Å². The van der Waals surface area contributed by atoms with Crippen LogP contribution < -0.4 is 9.47 Å². The van der Waals surface area contributed by atoms with E-state index in [1.165, 1.54) is 18.4 Å². The first kappa shape index (κ1) is 16.3. The van der Waals surface area contributed by atoms with Crippen LogP contribution in [0.1, 0.15) is 10.5 Å². The van der Waals surface area contributed by atoms with Crippen LogP contribution in [0.25, 0.3) is 10.4 Å². The predicted octanol–water partition coefficient (Wildman–Crippen LogP) is 4.14. The standard InChI is InChI=1S/C13H11Br2NO4S/c1-18-8-4-6(7(14)5-9(8)19-2)11-10(12(17)20-3)16-13(15)21-11/h4-5H,1-3H3. The lowest BCUT2D eigenvalue weighted by molar-refractivity contribution is 0.0595. The van der Waals surface area contributed by atoms with Crippen LogP contribution in [0.3, 0.4) is 0 Å². The third-order valence-corrected chi connectivity index (χ3v) is 4.89. The minimum atomic E-state index is -0.492. The predicted molar refractivity (Wildman–Crippen MR) is 87.4 cm³/mol. The van der Waals surface area contributed by atoms with Gasteiger partial charge >= 0.3 is 5.97 Å². The number of halogens is 2. The van der Waals surface area contributed by atoms with Crippen LogP contribution in [0.4, 0.5) is 0 Å². The van der Waals surface area contributed by atoms with Gasteiger partial charge in [-0.15, -0.1) is 11.3 Å². The fraction of sp³-hybridized carbons (Fsp3) is 0.231. The Labute approximate surface area is 142 Å². The molecule has 0 saturated heterocycles. The minimum absolute atomic E-state index is 0.252. The van der Waals surface area contributed by atoms with Crippen LogP contribution >= 0.6 is 43.2 Å². The summed E-state index contributed by atoms with van der Waals surface area (Å²) in [6, 6.07) is 3.57. The number of carbonyl (C=O) groups is 1. The fourth-order valence-electron chi connectivity index (χ4n) is 1.74. The summed E-state index contributed by atoms with van der Waals surface area (Å²) in [4.78, 5) is 16.7. The van der Waals surface area contributed by atoms with Crippen LogP contribution in [0.15, 0.2) is 20.5 Å². The smallest absolute Gasteiger partial charge is 0.358 e. The highest BCUT2D eigenvalue weighted by Crippen LogP contribution is 2.42. The summed E-state index contributed by atoms with van der Waals surface area (Å²) in [6.45, 7) is 0. The molecule has 0 spiro atoms. The molecule has 0 N–H and O–H groups in total. The molecule has 5 nitrogen and oxygen atoms in total. The molecule has 0 aliphatic heterocycles. The summed E-state index contributed by atoms with van der Waals surface area (Å²) in [7, 11) is 4.44. The number of esters is 1. The number of ether oxygens (including phenoxy) is 3. The molecule has 2 rings (SSSR count). The molecule has 0 radical (unpaired) electrons. The third kappa shape index (κ3) is 3.22. The topological polar surface area (TPSA) is 57.7 Å². The zero-order chi connectivity index (χ0) is 15.6. The van der Waals surface area contributed by atoms with Gasteiger partial charge in [0.15, 0.2) is 21.1 Å². The summed E-state index contributed by atoms with van der Waals surface area (Å²) < 4.78 is 16.7. The number of benzene rings is 1. The van der Waals surface area contributed by atoms with Gasteiger partial charge in [-0.05, 0) is 44.0 Å². The summed E-state index contributed by atoms with van der Waals surface area (Å²) in [6.07, 6.45) is 0. The van der Waals surface area contributed by atoms with Crippen LogP contribution in [0, 0.1) is 0 Å². The van der Waals surface area contributed by atoms with Gasteiger partial charge in [0.1, 0.15) is 0 Å². The van der Waals surface area contributed by atoms with Gasteiger partial charge in [0, 0.05) is 10.0 Å². The van der Waals surface area contributed by atoms with Gasteiger partial charge < -0.3 is 14.2 Å². The summed E-state index contributed by atoms with van der Waals surface area (Å²) in [5.41, 5.74) is 1.03. The van der Waals surface area contributed by atoms with E-state index in [0.717, 1.165) is 10.0 Å². The van der Waals surface area contributed by atoms with E-state index >= 15 is 0 Å². The normalized spacial score (nSPS) is 10.3. The summed E-state index contributed by atoms with van der Waals surface area (Å²) in [5, 5.41) is 0. The lowest BCUT2D eigenvalue weighted by Gasteiger charge is -2.11. The van der Waals surface area contributed by atoms with Crippen molar-refractivity contribution in [3.8, 4) is 21.9 Å². The Morgan fingerprint density at radius 1 is 1.14 bits per heavy atom. The highest BCUT2D eigenvalue weighted by atomic mass is 79.9. The molecule has 1 heterocycles. The maximum atomic E-state index is 11.8. The van der Waals surface area contributed by atoms with Gasteiger partial charge in [0.05, 0.1) is 26.2 Å². The highest BCUT2D eigenvalue weighted by molar-refractivity contribution is 9.11. The number of hydrogen-bond donors (Lipinski definition) is 0. The zero-order valence-corrected chi connectivity index (χ0v) is 15.4. The number of aromatic nitrogens is 1.